The highest BCUT2D eigenvalue weighted by Gasteiger charge is 2.37. The number of esters is 3. The predicted octanol–water partition coefficient (Wildman–Crippen LogP) is 10.4. The van der Waals surface area contributed by atoms with Gasteiger partial charge in [0.1, 0.15) is 39.8 Å². The Balaban J connectivity index is 1.23. The molecule has 0 spiro atoms. The van der Waals surface area contributed by atoms with Gasteiger partial charge in [-0.25, -0.2) is 71.9 Å². The van der Waals surface area contributed by atoms with E-state index in [-0.39, 0.29) is 93.7 Å². The minimum atomic E-state index is -2.31. The highest BCUT2D eigenvalue weighted by molar-refractivity contribution is 6.08. The van der Waals surface area contributed by atoms with E-state index in [1.54, 1.807) is 0 Å². The zero-order chi connectivity index (χ0) is 52.6. The Morgan fingerprint density at radius 2 is 1.10 bits per heavy atom. The molecule has 73 heavy (non-hydrogen) atoms. The second kappa shape index (κ2) is 18.6. The maximum Gasteiger partial charge on any atom is 0.361 e. The summed E-state index contributed by atoms with van der Waals surface area (Å²) < 4.78 is 210. The normalized spacial score (nSPS) is 13.7. The maximum absolute atomic E-state index is 14.7. The fraction of sp³-hybridized carbons (Fsp3) is 0.143. The molecule has 1 atom stereocenters. The van der Waals surface area contributed by atoms with Crippen molar-refractivity contribution in [1.82, 2.24) is 4.57 Å². The molecule has 2 aliphatic rings. The number of hydrogen-bond acceptors (Lipinski definition) is 11. The molecule has 5 aromatic carbocycles. The monoisotopic (exact) mass is 1030 g/mol. The van der Waals surface area contributed by atoms with E-state index in [1.165, 1.54) is 28.8 Å². The first-order valence-corrected chi connectivity index (χ1v) is 20.7. The second-order valence-electron chi connectivity index (χ2n) is 15.8. The van der Waals surface area contributed by atoms with Crippen LogP contribution in [0.3, 0.4) is 0 Å². The van der Waals surface area contributed by atoms with Gasteiger partial charge in [-0.3, -0.25) is 0 Å². The number of aromatic nitrogens is 1. The molecule has 0 saturated carbocycles. The molecule has 3 heterocycles. The Kier molecular flexibility index (Phi) is 12.6. The Morgan fingerprint density at radius 1 is 0.589 bits per heavy atom. The number of methoxy groups -OCH3 is 3. The van der Waals surface area contributed by atoms with Crippen LogP contribution in [-0.4, -0.2) is 49.9 Å². The standard InChI is InChI=1S/C49H25F12NO11/c1-67-28-9-17(4-5-26(28)70-46(63)20-10-23(50)38(56)41(59)35(20)53)33-34-19-14-30(69-3)32(73-48(65)22-12-25(52)40(58)43(61)37(22)55)15-27(19)71-49(66)45(34)62-7-6-16-8-31(29(68-2)13-18(16)44(33)62)72-47(64)21-11-24(51)39(57)42(60)36(21)54/h4-5,8-13,15,30H,6-7,14H2,1-3H3. The number of fused-ring (bicyclic) bond motifs is 7. The molecule has 0 N–H and O–H groups in total. The molecule has 0 radical (unpaired) electrons. The lowest BCUT2D eigenvalue weighted by Gasteiger charge is -2.24. The van der Waals surface area contributed by atoms with E-state index < -0.39 is 133 Å². The number of ether oxygens (including phenoxy) is 6. The summed E-state index contributed by atoms with van der Waals surface area (Å²) in [6.45, 7) is -0.0863. The van der Waals surface area contributed by atoms with Crippen molar-refractivity contribution in [2.24, 2.45) is 0 Å². The van der Waals surface area contributed by atoms with Crippen LogP contribution in [-0.2, 0) is 28.9 Å². The average molecular weight is 1030 g/mol. The first-order chi connectivity index (χ1) is 34.7. The summed E-state index contributed by atoms with van der Waals surface area (Å²) in [4.78, 5) is 53.6. The topological polar surface area (TPSA) is 142 Å². The average Bonchev–Trinajstić information content (AvgIpc) is 3.73. The molecule has 0 fully saturated rings. The van der Waals surface area contributed by atoms with Gasteiger partial charge in [-0.05, 0) is 60.0 Å². The van der Waals surface area contributed by atoms with Gasteiger partial charge in [0.05, 0.1) is 19.9 Å². The molecule has 24 heteroatoms. The Morgan fingerprint density at radius 3 is 1.62 bits per heavy atom. The number of benzene rings is 5. The van der Waals surface area contributed by atoms with Crippen molar-refractivity contribution in [3.05, 3.63) is 168 Å². The summed E-state index contributed by atoms with van der Waals surface area (Å²) in [5.74, 6) is -32.8. The van der Waals surface area contributed by atoms with Crippen LogP contribution in [0.25, 0.3) is 39.4 Å². The molecular formula is C49H25F12NO11. The minimum Gasteiger partial charge on any atom is -0.493 e. The van der Waals surface area contributed by atoms with Crippen molar-refractivity contribution in [3.63, 3.8) is 0 Å². The first-order valence-electron chi connectivity index (χ1n) is 20.7. The van der Waals surface area contributed by atoms with Gasteiger partial charge in [0.15, 0.2) is 92.8 Å². The number of carbonyl (C=O) groups is 3. The third-order valence-electron chi connectivity index (χ3n) is 11.8. The summed E-state index contributed by atoms with van der Waals surface area (Å²) in [5.41, 5.74) is -4.09. The molecule has 7 aromatic rings. The van der Waals surface area contributed by atoms with Crippen LogP contribution >= 0.6 is 0 Å². The van der Waals surface area contributed by atoms with E-state index in [2.05, 4.69) is 0 Å². The molecule has 9 rings (SSSR count). The molecular weight excluding hydrogens is 1010 g/mol. The largest absolute Gasteiger partial charge is 0.493 e. The van der Waals surface area contributed by atoms with Crippen molar-refractivity contribution in [2.45, 2.75) is 25.5 Å². The lowest BCUT2D eigenvalue weighted by molar-refractivity contribution is 0.0407. The van der Waals surface area contributed by atoms with Crippen molar-refractivity contribution in [3.8, 4) is 45.4 Å². The van der Waals surface area contributed by atoms with E-state index in [0.29, 0.717) is 5.56 Å². The third kappa shape index (κ3) is 8.15. The van der Waals surface area contributed by atoms with E-state index >= 15 is 0 Å². The number of halogens is 12. The van der Waals surface area contributed by atoms with Gasteiger partial charge in [0.25, 0.3) is 0 Å². The van der Waals surface area contributed by atoms with E-state index in [0.717, 1.165) is 33.5 Å². The Hall–Kier alpha value is -8.54. The summed E-state index contributed by atoms with van der Waals surface area (Å²) in [6.07, 6.45) is -0.689. The summed E-state index contributed by atoms with van der Waals surface area (Å²) in [5, 5.41) is 0.0861. The fourth-order valence-corrected chi connectivity index (χ4v) is 8.41. The highest BCUT2D eigenvalue weighted by atomic mass is 19.2. The third-order valence-corrected chi connectivity index (χ3v) is 11.8. The SMILES string of the molecule is COc1cc(-c2c3n(c4c(=O)oc5c(c24)CC(OC)C(OC(=O)c2cc(F)c(F)c(F)c2F)=C5)CCc2cc(OC(=O)c4cc(F)c(F)c(F)c4F)c(OC)cc2-3)ccc1OC(=O)c1cc(F)c(F)c(F)c1F. The van der Waals surface area contributed by atoms with Gasteiger partial charge in [-0.2, -0.15) is 0 Å². The molecule has 2 aromatic heterocycles. The summed E-state index contributed by atoms with van der Waals surface area (Å²) in [6, 6.07) is 6.40. The Bertz CT molecular complexity index is 3680. The van der Waals surface area contributed by atoms with Crippen LogP contribution in [0, 0.1) is 69.8 Å². The number of carbonyl (C=O) groups excluding carboxylic acids is 3. The van der Waals surface area contributed by atoms with Crippen LogP contribution in [0.4, 0.5) is 52.7 Å². The fourth-order valence-electron chi connectivity index (χ4n) is 8.41. The van der Waals surface area contributed by atoms with E-state index in [9.17, 15) is 71.9 Å². The second-order valence-corrected chi connectivity index (χ2v) is 15.8. The van der Waals surface area contributed by atoms with Gasteiger partial charge in [-0.1, -0.05) is 6.07 Å². The number of rotatable bonds is 10. The van der Waals surface area contributed by atoms with Gasteiger partial charge >= 0.3 is 23.5 Å². The Labute approximate surface area is 399 Å². The van der Waals surface area contributed by atoms with Gasteiger partial charge in [0.2, 0.25) is 0 Å². The molecule has 0 amide bonds. The smallest absolute Gasteiger partial charge is 0.361 e. The molecule has 0 saturated heterocycles. The number of nitrogens with zero attached hydrogens (tertiary/aromatic N) is 1. The summed E-state index contributed by atoms with van der Waals surface area (Å²) in [7, 11) is 3.36. The minimum absolute atomic E-state index is 0.00592. The lowest BCUT2D eigenvalue weighted by atomic mass is 9.89. The van der Waals surface area contributed by atoms with Gasteiger partial charge in [-0.15, -0.1) is 0 Å². The van der Waals surface area contributed by atoms with Gasteiger partial charge < -0.3 is 37.4 Å². The molecule has 1 aliphatic heterocycles. The van der Waals surface area contributed by atoms with Crippen LogP contribution < -0.4 is 24.6 Å². The van der Waals surface area contributed by atoms with E-state index in [4.69, 9.17) is 32.8 Å². The van der Waals surface area contributed by atoms with E-state index in [1.807, 2.05) is 0 Å². The quantitative estimate of drug-likeness (QED) is 0.0425. The van der Waals surface area contributed by atoms with Crippen molar-refractivity contribution in [2.75, 3.05) is 21.3 Å². The zero-order valence-electron chi connectivity index (χ0n) is 36.9. The lowest BCUT2D eigenvalue weighted by Crippen LogP contribution is -2.26. The molecule has 1 unspecified atom stereocenters. The van der Waals surface area contributed by atoms with Crippen molar-refractivity contribution < 1.29 is 99.9 Å². The van der Waals surface area contributed by atoms with Crippen molar-refractivity contribution in [1.29, 1.82) is 0 Å². The van der Waals surface area contributed by atoms with Crippen LogP contribution in [0.2, 0.25) is 0 Å². The first kappa shape index (κ1) is 49.4. The summed E-state index contributed by atoms with van der Waals surface area (Å²) >= 11 is 0. The maximum atomic E-state index is 14.7. The highest BCUT2D eigenvalue weighted by Crippen LogP contribution is 2.50. The van der Waals surface area contributed by atoms with Crippen LogP contribution in [0.1, 0.15) is 48.0 Å². The molecule has 12 nitrogen and oxygen atoms in total. The van der Waals surface area contributed by atoms with Crippen LogP contribution in [0.5, 0.6) is 23.0 Å². The molecule has 0 bridgehead atoms. The predicted molar refractivity (Wildman–Crippen MR) is 225 cm³/mol. The number of aryl methyl sites for hydroxylation is 2. The number of hydrogen-bond donors (Lipinski definition) is 0. The van der Waals surface area contributed by atoms with Crippen molar-refractivity contribution >= 4 is 34.9 Å². The molecule has 1 aliphatic carbocycles. The zero-order valence-corrected chi connectivity index (χ0v) is 36.9. The van der Waals surface area contributed by atoms with Gasteiger partial charge in [0, 0.05) is 48.2 Å². The molecule has 376 valence electrons. The van der Waals surface area contributed by atoms with Crippen LogP contribution in [0.15, 0.2) is 63.5 Å².